The summed E-state index contributed by atoms with van der Waals surface area (Å²) >= 11 is 0. The van der Waals surface area contributed by atoms with E-state index in [4.69, 9.17) is 4.42 Å². The summed E-state index contributed by atoms with van der Waals surface area (Å²) in [6.45, 7) is 0. The third-order valence-electron chi connectivity index (χ3n) is 3.60. The molecule has 1 N–H and O–H groups in total. The summed E-state index contributed by atoms with van der Waals surface area (Å²) in [6, 6.07) is 13.1. The molecule has 9 nitrogen and oxygen atoms in total. The molecular weight excluding hydrogens is 406 g/mol. The van der Waals surface area contributed by atoms with Crippen molar-refractivity contribution in [2.45, 2.75) is 9.79 Å². The van der Waals surface area contributed by atoms with Crippen LogP contribution in [0.2, 0.25) is 0 Å². The molecule has 0 saturated carbocycles. The second-order valence-corrected chi connectivity index (χ2v) is 9.84. The second kappa shape index (κ2) is 7.52. The highest BCUT2D eigenvalue weighted by Gasteiger charge is 2.21. The lowest BCUT2D eigenvalue weighted by Crippen LogP contribution is -2.23. The first-order chi connectivity index (χ1) is 13.1. The summed E-state index contributed by atoms with van der Waals surface area (Å²) in [5.74, 6) is -1.66. The van der Waals surface area contributed by atoms with Gasteiger partial charge in [-0.15, -0.1) is 5.10 Å². The molecule has 0 spiro atoms. The van der Waals surface area contributed by atoms with Crippen LogP contribution in [-0.4, -0.2) is 44.9 Å². The van der Waals surface area contributed by atoms with Crippen LogP contribution in [0.5, 0.6) is 0 Å². The van der Waals surface area contributed by atoms with Gasteiger partial charge < -0.3 is 4.42 Å². The molecule has 3 rings (SSSR count). The molecule has 0 saturated heterocycles. The normalized spacial score (nSPS) is 11.9. The Bertz CT molecular complexity index is 1220. The van der Waals surface area contributed by atoms with E-state index in [1.54, 1.807) is 24.3 Å². The first-order valence-corrected chi connectivity index (χ1v) is 11.4. The fourth-order valence-corrected chi connectivity index (χ4v) is 4.11. The van der Waals surface area contributed by atoms with Crippen LogP contribution in [0.1, 0.15) is 0 Å². The summed E-state index contributed by atoms with van der Waals surface area (Å²) in [6.07, 6.45) is 1.07. The molecule has 1 heterocycles. The van der Waals surface area contributed by atoms with Crippen LogP contribution in [-0.2, 0) is 24.5 Å². The number of benzene rings is 2. The molecule has 146 valence electrons. The van der Waals surface area contributed by atoms with Crippen LogP contribution in [0.15, 0.2) is 68.8 Å². The van der Waals surface area contributed by atoms with Crippen molar-refractivity contribution in [2.24, 2.45) is 0 Å². The van der Waals surface area contributed by atoms with Gasteiger partial charge in [-0.1, -0.05) is 29.4 Å². The third-order valence-corrected chi connectivity index (χ3v) is 6.35. The third kappa shape index (κ3) is 4.61. The van der Waals surface area contributed by atoms with E-state index in [2.05, 4.69) is 15.5 Å². The van der Waals surface area contributed by atoms with E-state index in [-0.39, 0.29) is 21.7 Å². The Morgan fingerprint density at radius 3 is 2.32 bits per heavy atom. The van der Waals surface area contributed by atoms with E-state index in [1.807, 2.05) is 0 Å². The average molecular weight is 421 g/mol. The fourth-order valence-electron chi connectivity index (χ4n) is 2.29. The Hall–Kier alpha value is -3.05. The van der Waals surface area contributed by atoms with Gasteiger partial charge in [-0.3, -0.25) is 10.1 Å². The fraction of sp³-hybridized carbons (Fsp3) is 0.118. The predicted octanol–water partition coefficient (Wildman–Crippen LogP) is 1.55. The van der Waals surface area contributed by atoms with E-state index < -0.39 is 31.3 Å². The van der Waals surface area contributed by atoms with Gasteiger partial charge in [0.05, 0.1) is 9.79 Å². The molecule has 1 aromatic heterocycles. The van der Waals surface area contributed by atoms with Crippen molar-refractivity contribution in [3.8, 4) is 11.5 Å². The Kier molecular flexibility index (Phi) is 5.29. The van der Waals surface area contributed by atoms with E-state index in [0.29, 0.717) is 5.56 Å². The lowest BCUT2D eigenvalue weighted by atomic mass is 10.2. The van der Waals surface area contributed by atoms with Gasteiger partial charge in [0.2, 0.25) is 11.8 Å². The molecule has 0 fully saturated rings. The number of carbonyl (C=O) groups excluding carboxylic acids is 1. The Balaban J connectivity index is 1.74. The van der Waals surface area contributed by atoms with Gasteiger partial charge in [0.1, 0.15) is 5.75 Å². The van der Waals surface area contributed by atoms with Crippen molar-refractivity contribution in [2.75, 3.05) is 17.3 Å². The van der Waals surface area contributed by atoms with E-state index in [1.165, 1.54) is 30.3 Å². The van der Waals surface area contributed by atoms with E-state index >= 15 is 0 Å². The number of anilines is 1. The topological polar surface area (TPSA) is 136 Å². The Morgan fingerprint density at radius 1 is 0.964 bits per heavy atom. The number of rotatable bonds is 6. The minimum atomic E-state index is -3.82. The SMILES string of the molecule is CS(=O)(=O)c1cccc(-c2nnc(NC(=O)CS(=O)(=O)c3ccccc3)o2)c1. The van der Waals surface area contributed by atoms with Crippen LogP contribution in [0, 0.1) is 0 Å². The minimum absolute atomic E-state index is 0.0216. The largest absolute Gasteiger partial charge is 0.403 e. The maximum absolute atomic E-state index is 12.2. The minimum Gasteiger partial charge on any atom is -0.403 e. The summed E-state index contributed by atoms with van der Waals surface area (Å²) in [7, 11) is -7.23. The second-order valence-electron chi connectivity index (χ2n) is 5.83. The monoisotopic (exact) mass is 421 g/mol. The van der Waals surface area contributed by atoms with Crippen molar-refractivity contribution in [1.29, 1.82) is 0 Å². The number of hydrogen-bond donors (Lipinski definition) is 1. The van der Waals surface area contributed by atoms with Gasteiger partial charge in [-0.25, -0.2) is 16.8 Å². The summed E-state index contributed by atoms with van der Waals surface area (Å²) in [5, 5.41) is 9.60. The van der Waals surface area contributed by atoms with Gasteiger partial charge >= 0.3 is 6.01 Å². The van der Waals surface area contributed by atoms with Crippen molar-refractivity contribution >= 4 is 31.6 Å². The van der Waals surface area contributed by atoms with Crippen molar-refractivity contribution < 1.29 is 26.0 Å². The molecule has 0 radical (unpaired) electrons. The number of amides is 1. The van der Waals surface area contributed by atoms with Crippen molar-refractivity contribution in [3.05, 3.63) is 54.6 Å². The van der Waals surface area contributed by atoms with E-state index in [9.17, 15) is 21.6 Å². The van der Waals surface area contributed by atoms with Gasteiger partial charge in [0.25, 0.3) is 0 Å². The maximum atomic E-state index is 12.2. The Labute approximate surface area is 161 Å². The molecular formula is C17H15N3O6S2. The highest BCUT2D eigenvalue weighted by molar-refractivity contribution is 7.92. The van der Waals surface area contributed by atoms with Gasteiger partial charge in [0, 0.05) is 11.8 Å². The average Bonchev–Trinajstić information content (AvgIpc) is 3.10. The quantitative estimate of drug-likeness (QED) is 0.633. The number of aromatic nitrogens is 2. The smallest absolute Gasteiger partial charge is 0.322 e. The molecule has 0 unspecified atom stereocenters. The van der Waals surface area contributed by atoms with Gasteiger partial charge in [-0.05, 0) is 30.3 Å². The molecule has 1 amide bonds. The zero-order chi connectivity index (χ0) is 20.4. The van der Waals surface area contributed by atoms with Crippen molar-refractivity contribution in [3.63, 3.8) is 0 Å². The molecule has 3 aromatic rings. The van der Waals surface area contributed by atoms with Gasteiger partial charge in [-0.2, -0.15) is 0 Å². The molecule has 0 atom stereocenters. The zero-order valence-electron chi connectivity index (χ0n) is 14.6. The molecule has 0 aliphatic rings. The van der Waals surface area contributed by atoms with Crippen molar-refractivity contribution in [1.82, 2.24) is 10.2 Å². The first-order valence-electron chi connectivity index (χ1n) is 7.87. The number of nitrogens with zero attached hydrogens (tertiary/aromatic N) is 2. The summed E-state index contributed by atoms with van der Waals surface area (Å²) in [5.41, 5.74) is 0.341. The highest BCUT2D eigenvalue weighted by atomic mass is 32.2. The maximum Gasteiger partial charge on any atom is 0.322 e. The standard InChI is InChI=1S/C17H15N3O6S2/c1-27(22,23)14-9-5-6-12(10-14)16-19-20-17(26-16)18-15(21)11-28(24,25)13-7-3-2-4-8-13/h2-10H,11H2,1H3,(H,18,20,21). The van der Waals surface area contributed by atoms with Crippen LogP contribution in [0.25, 0.3) is 11.5 Å². The van der Waals surface area contributed by atoms with Crippen LogP contribution in [0.4, 0.5) is 6.01 Å². The van der Waals surface area contributed by atoms with Crippen LogP contribution in [0.3, 0.4) is 0 Å². The molecule has 2 aromatic carbocycles. The first kappa shape index (κ1) is 19.7. The number of hydrogen-bond acceptors (Lipinski definition) is 8. The molecule has 11 heteroatoms. The number of nitrogens with one attached hydrogen (secondary N) is 1. The zero-order valence-corrected chi connectivity index (χ0v) is 16.2. The van der Waals surface area contributed by atoms with Gasteiger partial charge in [0.15, 0.2) is 19.7 Å². The lowest BCUT2D eigenvalue weighted by molar-refractivity contribution is -0.114. The molecule has 0 aliphatic heterocycles. The number of sulfone groups is 2. The Morgan fingerprint density at radius 2 is 1.64 bits per heavy atom. The highest BCUT2D eigenvalue weighted by Crippen LogP contribution is 2.23. The molecule has 0 aliphatic carbocycles. The van der Waals surface area contributed by atoms with Crippen LogP contribution < -0.4 is 5.32 Å². The predicted molar refractivity (Wildman–Crippen MR) is 100.0 cm³/mol. The van der Waals surface area contributed by atoms with E-state index in [0.717, 1.165) is 6.26 Å². The lowest BCUT2D eigenvalue weighted by Gasteiger charge is -2.03. The summed E-state index contributed by atoms with van der Waals surface area (Å²) < 4.78 is 53.0. The number of carbonyl (C=O) groups is 1. The molecule has 0 bridgehead atoms. The van der Waals surface area contributed by atoms with Crippen LogP contribution >= 0.6 is 0 Å². The summed E-state index contributed by atoms with van der Waals surface area (Å²) in [4.78, 5) is 12.1. The molecule has 28 heavy (non-hydrogen) atoms.